The number of carbonyl (C=O) groups is 1. The first kappa shape index (κ1) is 13.4. The minimum absolute atomic E-state index is 0.0672. The highest BCUT2D eigenvalue weighted by Gasteiger charge is 2.16. The summed E-state index contributed by atoms with van der Waals surface area (Å²) in [6.07, 6.45) is 0. The van der Waals surface area contributed by atoms with Crippen molar-refractivity contribution in [2.45, 2.75) is 6.54 Å². The number of phenols is 1. The average molecular weight is 277 g/mol. The van der Waals surface area contributed by atoms with Crippen LogP contribution in [0.5, 0.6) is 11.5 Å². The highest BCUT2D eigenvalue weighted by Crippen LogP contribution is 2.25. The van der Waals surface area contributed by atoms with Gasteiger partial charge in [0.05, 0.1) is 19.2 Å². The molecule has 0 aliphatic carbocycles. The Morgan fingerprint density at radius 1 is 1.42 bits per heavy atom. The molecule has 0 spiro atoms. The zero-order valence-electron chi connectivity index (χ0n) is 10.8. The number of carbonyl (C=O) groups excluding carboxylic acids is 1. The van der Waals surface area contributed by atoms with Crippen molar-refractivity contribution in [2.24, 2.45) is 0 Å². The lowest BCUT2D eigenvalue weighted by atomic mass is 10.1. The van der Waals surface area contributed by atoms with E-state index in [0.717, 1.165) is 4.88 Å². The zero-order valence-corrected chi connectivity index (χ0v) is 11.6. The normalized spacial score (nSPS) is 10.2. The van der Waals surface area contributed by atoms with Gasteiger partial charge in [0, 0.05) is 18.0 Å². The second-order valence-electron chi connectivity index (χ2n) is 4.12. The monoisotopic (exact) mass is 277 g/mol. The fourth-order valence-corrected chi connectivity index (χ4v) is 2.49. The second-order valence-corrected chi connectivity index (χ2v) is 5.16. The molecular formula is C14H15NO3S. The van der Waals surface area contributed by atoms with Gasteiger partial charge in [-0.05, 0) is 23.6 Å². The van der Waals surface area contributed by atoms with Crippen LogP contribution in [0, 0.1) is 0 Å². The third-order valence-electron chi connectivity index (χ3n) is 2.76. The lowest BCUT2D eigenvalue weighted by Gasteiger charge is -2.17. The van der Waals surface area contributed by atoms with Gasteiger partial charge in [-0.1, -0.05) is 6.07 Å². The van der Waals surface area contributed by atoms with Gasteiger partial charge in [-0.25, -0.2) is 0 Å². The van der Waals surface area contributed by atoms with E-state index in [9.17, 15) is 9.90 Å². The lowest BCUT2D eigenvalue weighted by Crippen LogP contribution is -2.25. The van der Waals surface area contributed by atoms with Gasteiger partial charge in [0.25, 0.3) is 5.91 Å². The van der Waals surface area contributed by atoms with E-state index in [0.29, 0.717) is 12.3 Å². The van der Waals surface area contributed by atoms with Gasteiger partial charge in [0.15, 0.2) is 0 Å². The molecule has 0 saturated carbocycles. The van der Waals surface area contributed by atoms with E-state index in [1.807, 2.05) is 17.5 Å². The first-order valence-corrected chi connectivity index (χ1v) is 6.64. The van der Waals surface area contributed by atoms with Crippen LogP contribution in [0.3, 0.4) is 0 Å². The van der Waals surface area contributed by atoms with Crippen molar-refractivity contribution in [3.8, 4) is 11.5 Å². The van der Waals surface area contributed by atoms with Crippen molar-refractivity contribution < 1.29 is 14.6 Å². The van der Waals surface area contributed by atoms with Gasteiger partial charge in [-0.2, -0.15) is 0 Å². The molecule has 0 aliphatic heterocycles. The van der Waals surface area contributed by atoms with Crippen LogP contribution < -0.4 is 4.74 Å². The van der Waals surface area contributed by atoms with Gasteiger partial charge < -0.3 is 14.7 Å². The molecule has 1 aromatic heterocycles. The van der Waals surface area contributed by atoms with Crippen molar-refractivity contribution in [3.05, 3.63) is 46.2 Å². The van der Waals surface area contributed by atoms with Crippen molar-refractivity contribution >= 4 is 17.2 Å². The van der Waals surface area contributed by atoms with Crippen LogP contribution in [0.1, 0.15) is 15.2 Å². The van der Waals surface area contributed by atoms with Crippen LogP contribution in [0.4, 0.5) is 0 Å². The summed E-state index contributed by atoms with van der Waals surface area (Å²) in [5.74, 6) is 0.242. The van der Waals surface area contributed by atoms with Crippen LogP contribution in [0.15, 0.2) is 35.7 Å². The molecule has 0 saturated heterocycles. The third-order valence-corrected chi connectivity index (χ3v) is 3.62. The molecule has 0 radical (unpaired) electrons. The Kier molecular flexibility index (Phi) is 4.06. The van der Waals surface area contributed by atoms with Gasteiger partial charge in [0.2, 0.25) is 0 Å². The highest BCUT2D eigenvalue weighted by atomic mass is 32.1. The fourth-order valence-electron chi connectivity index (χ4n) is 1.73. The molecule has 1 aromatic carbocycles. The Bertz CT molecular complexity index is 566. The molecule has 0 unspecified atom stereocenters. The molecule has 19 heavy (non-hydrogen) atoms. The first-order valence-electron chi connectivity index (χ1n) is 5.76. The zero-order chi connectivity index (χ0) is 13.8. The maximum absolute atomic E-state index is 12.2. The predicted octanol–water partition coefficient (Wildman–Crippen LogP) is 2.73. The number of nitrogens with zero attached hydrogens (tertiary/aromatic N) is 1. The maximum atomic E-state index is 12.2. The molecule has 100 valence electrons. The summed E-state index contributed by atoms with van der Waals surface area (Å²) < 4.78 is 4.99. The summed E-state index contributed by atoms with van der Waals surface area (Å²) in [7, 11) is 3.23. The Morgan fingerprint density at radius 3 is 2.79 bits per heavy atom. The van der Waals surface area contributed by atoms with Gasteiger partial charge in [-0.3, -0.25) is 4.79 Å². The largest absolute Gasteiger partial charge is 0.507 e. The average Bonchev–Trinajstić information content (AvgIpc) is 2.90. The number of methoxy groups -OCH3 is 1. The van der Waals surface area contributed by atoms with Crippen molar-refractivity contribution in [1.29, 1.82) is 0 Å². The van der Waals surface area contributed by atoms with Crippen molar-refractivity contribution in [2.75, 3.05) is 14.2 Å². The van der Waals surface area contributed by atoms with E-state index in [1.165, 1.54) is 13.2 Å². The Hall–Kier alpha value is -2.01. The minimum atomic E-state index is -0.214. The molecule has 1 N–H and O–H groups in total. The highest BCUT2D eigenvalue weighted by molar-refractivity contribution is 7.09. The van der Waals surface area contributed by atoms with Crippen LogP contribution in [-0.4, -0.2) is 30.1 Å². The number of hydrogen-bond donors (Lipinski definition) is 1. The molecule has 1 heterocycles. The van der Waals surface area contributed by atoms with Gasteiger partial charge >= 0.3 is 0 Å². The number of phenolic OH excluding ortho intramolecular Hbond substituents is 1. The SMILES string of the molecule is COc1ccc(C(=O)N(C)Cc2cccs2)c(O)c1. The summed E-state index contributed by atoms with van der Waals surface area (Å²) in [6.45, 7) is 0.530. The molecule has 1 amide bonds. The van der Waals surface area contributed by atoms with Crippen LogP contribution >= 0.6 is 11.3 Å². The van der Waals surface area contributed by atoms with Crippen LogP contribution in [0.2, 0.25) is 0 Å². The molecule has 2 rings (SSSR count). The summed E-state index contributed by atoms with van der Waals surface area (Å²) in [5, 5.41) is 11.8. The quantitative estimate of drug-likeness (QED) is 0.935. The molecule has 5 heteroatoms. The number of amides is 1. The molecule has 0 aliphatic rings. The van der Waals surface area contributed by atoms with Crippen molar-refractivity contribution in [3.63, 3.8) is 0 Å². The van der Waals surface area contributed by atoms with Crippen LogP contribution in [0.25, 0.3) is 0 Å². The molecule has 0 fully saturated rings. The number of thiophene rings is 1. The molecule has 0 bridgehead atoms. The fraction of sp³-hybridized carbons (Fsp3) is 0.214. The number of hydrogen-bond acceptors (Lipinski definition) is 4. The van der Waals surface area contributed by atoms with Gasteiger partial charge in [0.1, 0.15) is 11.5 Å². The van der Waals surface area contributed by atoms with E-state index in [2.05, 4.69) is 0 Å². The second kappa shape index (κ2) is 5.75. The maximum Gasteiger partial charge on any atom is 0.257 e. The summed E-state index contributed by atoms with van der Waals surface area (Å²) in [5.41, 5.74) is 0.278. The van der Waals surface area contributed by atoms with Crippen molar-refractivity contribution in [1.82, 2.24) is 4.90 Å². The molecule has 2 aromatic rings. The molecule has 0 atom stereocenters. The first-order chi connectivity index (χ1) is 9.11. The molecule has 4 nitrogen and oxygen atoms in total. The Morgan fingerprint density at radius 2 is 2.21 bits per heavy atom. The standard InChI is InChI=1S/C14H15NO3S/c1-15(9-11-4-3-7-19-11)14(17)12-6-5-10(18-2)8-13(12)16/h3-8,16H,9H2,1-2H3. The number of aromatic hydroxyl groups is 1. The topological polar surface area (TPSA) is 49.8 Å². The smallest absolute Gasteiger partial charge is 0.257 e. The summed E-state index contributed by atoms with van der Waals surface area (Å²) in [4.78, 5) is 14.9. The van der Waals surface area contributed by atoms with E-state index < -0.39 is 0 Å². The van der Waals surface area contributed by atoms with E-state index in [4.69, 9.17) is 4.74 Å². The Labute approximate surface area is 115 Å². The van der Waals surface area contributed by atoms with Gasteiger partial charge in [-0.15, -0.1) is 11.3 Å². The minimum Gasteiger partial charge on any atom is -0.507 e. The number of ether oxygens (including phenoxy) is 1. The Balaban J connectivity index is 2.14. The third kappa shape index (κ3) is 3.06. The number of benzene rings is 1. The lowest BCUT2D eigenvalue weighted by molar-refractivity contribution is 0.0783. The predicted molar refractivity (Wildman–Crippen MR) is 74.8 cm³/mol. The summed E-state index contributed by atoms with van der Waals surface area (Å²) >= 11 is 1.60. The van der Waals surface area contributed by atoms with E-state index >= 15 is 0 Å². The molecular weight excluding hydrogens is 262 g/mol. The van der Waals surface area contributed by atoms with E-state index in [-0.39, 0.29) is 17.2 Å². The summed E-state index contributed by atoms with van der Waals surface area (Å²) in [6, 6.07) is 8.59. The number of rotatable bonds is 4. The van der Waals surface area contributed by atoms with Crippen LogP contribution in [-0.2, 0) is 6.54 Å². The van der Waals surface area contributed by atoms with E-state index in [1.54, 1.807) is 35.4 Å².